The molecule has 0 fully saturated rings. The molecule has 0 unspecified atom stereocenters. The first kappa shape index (κ1) is 13.5. The summed E-state index contributed by atoms with van der Waals surface area (Å²) < 4.78 is 5.30. The van der Waals surface area contributed by atoms with Gasteiger partial charge in [-0.3, -0.25) is 0 Å². The molecule has 0 bridgehead atoms. The first-order chi connectivity index (χ1) is 10.9. The Labute approximate surface area is 132 Å². The summed E-state index contributed by atoms with van der Waals surface area (Å²) in [5.41, 5.74) is 2.45. The SMILES string of the molecule is COc1ncccc1CNc1ncnc2sc3c(c12)CCC3. The first-order valence-corrected chi connectivity index (χ1v) is 8.15. The molecule has 0 radical (unpaired) electrons. The van der Waals surface area contributed by atoms with Crippen molar-refractivity contribution in [2.75, 3.05) is 12.4 Å². The van der Waals surface area contributed by atoms with Gasteiger partial charge in [-0.2, -0.15) is 0 Å². The molecule has 1 aliphatic carbocycles. The number of aryl methyl sites for hydroxylation is 2. The third-order valence-electron chi connectivity index (χ3n) is 3.99. The minimum atomic E-state index is 0.633. The molecule has 0 saturated heterocycles. The molecule has 0 aromatic carbocycles. The monoisotopic (exact) mass is 312 g/mol. The summed E-state index contributed by atoms with van der Waals surface area (Å²) in [6.45, 7) is 0.633. The second-order valence-electron chi connectivity index (χ2n) is 5.29. The van der Waals surface area contributed by atoms with E-state index in [4.69, 9.17) is 4.74 Å². The molecule has 0 atom stereocenters. The fourth-order valence-corrected chi connectivity index (χ4v) is 4.21. The van der Waals surface area contributed by atoms with Gasteiger partial charge in [0.05, 0.1) is 12.5 Å². The number of nitrogens with one attached hydrogen (secondary N) is 1. The maximum atomic E-state index is 5.30. The Kier molecular flexibility index (Phi) is 3.38. The lowest BCUT2D eigenvalue weighted by molar-refractivity contribution is 0.393. The van der Waals surface area contributed by atoms with E-state index in [0.29, 0.717) is 12.4 Å². The first-order valence-electron chi connectivity index (χ1n) is 7.34. The molecule has 3 aromatic rings. The van der Waals surface area contributed by atoms with E-state index in [1.165, 1.54) is 28.7 Å². The molecule has 3 heterocycles. The number of hydrogen-bond acceptors (Lipinski definition) is 6. The molecule has 112 valence electrons. The quantitative estimate of drug-likeness (QED) is 0.801. The Morgan fingerprint density at radius 1 is 1.27 bits per heavy atom. The minimum Gasteiger partial charge on any atom is -0.481 e. The molecule has 5 nitrogen and oxygen atoms in total. The van der Waals surface area contributed by atoms with E-state index in [1.807, 2.05) is 12.1 Å². The normalized spacial score (nSPS) is 13.3. The van der Waals surface area contributed by atoms with Crippen LogP contribution in [0.5, 0.6) is 5.88 Å². The molecule has 1 aliphatic rings. The van der Waals surface area contributed by atoms with Gasteiger partial charge in [-0.05, 0) is 30.9 Å². The number of aromatic nitrogens is 3. The third kappa shape index (κ3) is 2.20. The summed E-state index contributed by atoms with van der Waals surface area (Å²) >= 11 is 1.80. The lowest BCUT2D eigenvalue weighted by Gasteiger charge is -2.10. The predicted octanol–water partition coefficient (Wildman–Crippen LogP) is 3.20. The van der Waals surface area contributed by atoms with Crippen LogP contribution in [0.1, 0.15) is 22.4 Å². The number of methoxy groups -OCH3 is 1. The average molecular weight is 312 g/mol. The highest BCUT2D eigenvalue weighted by molar-refractivity contribution is 7.19. The van der Waals surface area contributed by atoms with E-state index < -0.39 is 0 Å². The largest absolute Gasteiger partial charge is 0.481 e. The highest BCUT2D eigenvalue weighted by atomic mass is 32.1. The molecule has 0 saturated carbocycles. The number of hydrogen-bond donors (Lipinski definition) is 1. The van der Waals surface area contributed by atoms with Gasteiger partial charge in [-0.25, -0.2) is 15.0 Å². The van der Waals surface area contributed by atoms with Crippen molar-refractivity contribution in [1.82, 2.24) is 15.0 Å². The Balaban J connectivity index is 1.67. The summed E-state index contributed by atoms with van der Waals surface area (Å²) in [4.78, 5) is 15.7. The molecule has 4 rings (SSSR count). The van der Waals surface area contributed by atoms with Gasteiger partial charge < -0.3 is 10.1 Å². The lowest BCUT2D eigenvalue weighted by atomic mass is 10.2. The lowest BCUT2D eigenvalue weighted by Crippen LogP contribution is -2.05. The van der Waals surface area contributed by atoms with E-state index in [2.05, 4.69) is 20.3 Å². The van der Waals surface area contributed by atoms with Crippen LogP contribution in [-0.2, 0) is 19.4 Å². The molecule has 0 amide bonds. The Morgan fingerprint density at radius 3 is 3.14 bits per heavy atom. The van der Waals surface area contributed by atoms with Gasteiger partial charge in [0.25, 0.3) is 0 Å². The molecule has 6 heteroatoms. The summed E-state index contributed by atoms with van der Waals surface area (Å²) in [6, 6.07) is 3.92. The Morgan fingerprint density at radius 2 is 2.23 bits per heavy atom. The van der Waals surface area contributed by atoms with Gasteiger partial charge in [0.1, 0.15) is 17.0 Å². The summed E-state index contributed by atoms with van der Waals surface area (Å²) in [5, 5.41) is 4.63. The molecule has 0 aliphatic heterocycles. The van der Waals surface area contributed by atoms with Crippen LogP contribution < -0.4 is 10.1 Å². The van der Waals surface area contributed by atoms with Crippen molar-refractivity contribution < 1.29 is 4.74 Å². The van der Waals surface area contributed by atoms with Crippen molar-refractivity contribution in [2.45, 2.75) is 25.8 Å². The molecule has 0 spiro atoms. The topological polar surface area (TPSA) is 59.9 Å². The number of ether oxygens (including phenoxy) is 1. The summed E-state index contributed by atoms with van der Waals surface area (Å²) in [7, 11) is 1.64. The smallest absolute Gasteiger partial charge is 0.218 e. The minimum absolute atomic E-state index is 0.633. The van der Waals surface area contributed by atoms with Gasteiger partial charge in [0.2, 0.25) is 5.88 Å². The fraction of sp³-hybridized carbons (Fsp3) is 0.312. The van der Waals surface area contributed by atoms with Crippen molar-refractivity contribution in [3.63, 3.8) is 0 Å². The second kappa shape index (κ2) is 5.53. The van der Waals surface area contributed by atoms with Gasteiger partial charge in [0, 0.05) is 23.2 Å². The van der Waals surface area contributed by atoms with E-state index in [1.54, 1.807) is 31.0 Å². The van der Waals surface area contributed by atoms with Crippen LogP contribution >= 0.6 is 11.3 Å². The predicted molar refractivity (Wildman–Crippen MR) is 87.6 cm³/mol. The zero-order valence-corrected chi connectivity index (χ0v) is 13.1. The van der Waals surface area contributed by atoms with Gasteiger partial charge in [-0.1, -0.05) is 6.07 Å². The molecular weight excluding hydrogens is 296 g/mol. The molecule has 1 N–H and O–H groups in total. The van der Waals surface area contributed by atoms with E-state index in [0.717, 1.165) is 22.6 Å². The standard InChI is InChI=1S/C16H16N4OS/c1-21-15-10(4-3-7-17-15)8-18-14-13-11-5-2-6-12(11)22-16(13)20-9-19-14/h3-4,7,9H,2,5-6,8H2,1H3,(H,18,19,20). The van der Waals surface area contributed by atoms with E-state index >= 15 is 0 Å². The van der Waals surface area contributed by atoms with E-state index in [9.17, 15) is 0 Å². The third-order valence-corrected chi connectivity index (χ3v) is 5.19. The van der Waals surface area contributed by atoms with Crippen LogP contribution in [-0.4, -0.2) is 22.1 Å². The van der Waals surface area contributed by atoms with Crippen LogP contribution in [0.2, 0.25) is 0 Å². The number of thiophene rings is 1. The Hall–Kier alpha value is -2.21. The molecule has 3 aromatic heterocycles. The number of anilines is 1. The maximum Gasteiger partial charge on any atom is 0.218 e. The van der Waals surface area contributed by atoms with E-state index in [-0.39, 0.29) is 0 Å². The van der Waals surface area contributed by atoms with Gasteiger partial charge in [-0.15, -0.1) is 11.3 Å². The van der Waals surface area contributed by atoms with Crippen LogP contribution in [0.25, 0.3) is 10.2 Å². The van der Waals surface area contributed by atoms with Crippen LogP contribution in [0, 0.1) is 0 Å². The summed E-state index contributed by atoms with van der Waals surface area (Å²) in [6.07, 6.45) is 6.91. The van der Waals surface area contributed by atoms with Crippen LogP contribution in [0.3, 0.4) is 0 Å². The second-order valence-corrected chi connectivity index (χ2v) is 6.37. The molecular formula is C16H16N4OS. The van der Waals surface area contributed by atoms with Crippen molar-refractivity contribution in [2.24, 2.45) is 0 Å². The Bertz CT molecular complexity index is 830. The van der Waals surface area contributed by atoms with Crippen LogP contribution in [0.4, 0.5) is 5.82 Å². The van der Waals surface area contributed by atoms with Crippen molar-refractivity contribution >= 4 is 27.4 Å². The summed E-state index contributed by atoms with van der Waals surface area (Å²) in [5.74, 6) is 1.56. The fourth-order valence-electron chi connectivity index (χ4n) is 2.98. The number of pyridine rings is 1. The maximum absolute atomic E-state index is 5.30. The highest BCUT2D eigenvalue weighted by Crippen LogP contribution is 2.39. The van der Waals surface area contributed by atoms with Gasteiger partial charge >= 0.3 is 0 Å². The van der Waals surface area contributed by atoms with Gasteiger partial charge in [0.15, 0.2) is 0 Å². The zero-order valence-electron chi connectivity index (χ0n) is 12.3. The van der Waals surface area contributed by atoms with Crippen molar-refractivity contribution in [3.05, 3.63) is 40.7 Å². The van der Waals surface area contributed by atoms with Crippen molar-refractivity contribution in [1.29, 1.82) is 0 Å². The average Bonchev–Trinajstić information content (AvgIpc) is 3.13. The zero-order chi connectivity index (χ0) is 14.9. The number of nitrogens with zero attached hydrogens (tertiary/aromatic N) is 3. The highest BCUT2D eigenvalue weighted by Gasteiger charge is 2.21. The van der Waals surface area contributed by atoms with Crippen LogP contribution in [0.15, 0.2) is 24.7 Å². The van der Waals surface area contributed by atoms with Crippen molar-refractivity contribution in [3.8, 4) is 5.88 Å². The molecule has 22 heavy (non-hydrogen) atoms. The number of rotatable bonds is 4. The number of fused-ring (bicyclic) bond motifs is 3.